The SMILES string of the molecule is CCOc1cc2c(cc1OCC)-n1cccc1C(c1c(O)cccc1OC)NC2.[Cl-]. The first-order chi connectivity index (χ1) is 14.2. The van der Waals surface area contributed by atoms with E-state index in [2.05, 4.69) is 16.0 Å². The van der Waals surface area contributed by atoms with Crippen molar-refractivity contribution in [1.29, 1.82) is 0 Å². The Morgan fingerprint density at radius 2 is 1.77 bits per heavy atom. The van der Waals surface area contributed by atoms with Gasteiger partial charge in [-0.1, -0.05) is 6.07 Å². The maximum absolute atomic E-state index is 10.6. The van der Waals surface area contributed by atoms with Crippen molar-refractivity contribution in [3.8, 4) is 28.7 Å². The lowest BCUT2D eigenvalue weighted by Gasteiger charge is -2.21. The summed E-state index contributed by atoms with van der Waals surface area (Å²) in [6.45, 7) is 5.66. The first-order valence-electron chi connectivity index (χ1n) is 9.87. The van der Waals surface area contributed by atoms with Gasteiger partial charge in [0.1, 0.15) is 11.5 Å². The Labute approximate surface area is 182 Å². The quantitative estimate of drug-likeness (QED) is 0.616. The maximum Gasteiger partial charge on any atom is 0.163 e. The lowest BCUT2D eigenvalue weighted by atomic mass is 10.0. The van der Waals surface area contributed by atoms with Crippen molar-refractivity contribution < 1.29 is 31.7 Å². The van der Waals surface area contributed by atoms with Gasteiger partial charge in [-0.2, -0.15) is 0 Å². The fourth-order valence-electron chi connectivity index (χ4n) is 3.91. The van der Waals surface area contributed by atoms with Crippen molar-refractivity contribution >= 4 is 0 Å². The highest BCUT2D eigenvalue weighted by Crippen LogP contribution is 2.41. The largest absolute Gasteiger partial charge is 1.00 e. The van der Waals surface area contributed by atoms with Gasteiger partial charge in [0.05, 0.1) is 37.6 Å². The van der Waals surface area contributed by atoms with Crippen LogP contribution in [0.1, 0.15) is 36.7 Å². The second-order valence-electron chi connectivity index (χ2n) is 6.80. The molecule has 1 atom stereocenters. The first-order valence-corrected chi connectivity index (χ1v) is 9.87. The number of aromatic hydroxyl groups is 1. The number of methoxy groups -OCH3 is 1. The van der Waals surface area contributed by atoms with Crippen LogP contribution in [-0.2, 0) is 6.54 Å². The van der Waals surface area contributed by atoms with E-state index in [4.69, 9.17) is 14.2 Å². The molecular formula is C23H26ClN2O4-. The third-order valence-corrected chi connectivity index (χ3v) is 5.13. The van der Waals surface area contributed by atoms with Crippen LogP contribution in [0, 0.1) is 0 Å². The van der Waals surface area contributed by atoms with Gasteiger partial charge in [-0.25, -0.2) is 0 Å². The molecule has 0 amide bonds. The Bertz CT molecular complexity index is 1020. The number of hydrogen-bond acceptors (Lipinski definition) is 5. The molecule has 1 aromatic heterocycles. The number of nitrogens with one attached hydrogen (secondary N) is 1. The van der Waals surface area contributed by atoms with E-state index in [0.29, 0.717) is 25.5 Å². The molecule has 1 unspecified atom stereocenters. The van der Waals surface area contributed by atoms with Gasteiger partial charge in [0.2, 0.25) is 0 Å². The lowest BCUT2D eigenvalue weighted by molar-refractivity contribution is -0.00000820. The highest BCUT2D eigenvalue weighted by molar-refractivity contribution is 5.58. The molecule has 160 valence electrons. The molecule has 2 N–H and O–H groups in total. The van der Waals surface area contributed by atoms with Crippen molar-refractivity contribution in [3.63, 3.8) is 0 Å². The molecule has 6 nitrogen and oxygen atoms in total. The van der Waals surface area contributed by atoms with Gasteiger partial charge >= 0.3 is 0 Å². The zero-order valence-electron chi connectivity index (χ0n) is 17.3. The van der Waals surface area contributed by atoms with Crippen LogP contribution in [0.5, 0.6) is 23.0 Å². The summed E-state index contributed by atoms with van der Waals surface area (Å²) in [6.07, 6.45) is 2.02. The standard InChI is InChI=1S/C23H26N2O4.ClH/c1-4-28-20-12-15-14-24-23(22-18(26)9-6-10-19(22)27-3)16-8-7-11-25(16)17(15)13-21(20)29-5-2;/h6-13,23-24,26H,4-5,14H2,1-3H3;1H/p-1. The summed E-state index contributed by atoms with van der Waals surface area (Å²) in [6, 6.07) is 13.2. The van der Waals surface area contributed by atoms with Crippen LogP contribution in [0.15, 0.2) is 48.7 Å². The molecule has 2 aromatic carbocycles. The van der Waals surface area contributed by atoms with Crippen molar-refractivity contribution in [2.45, 2.75) is 26.4 Å². The number of ether oxygens (including phenoxy) is 3. The molecule has 0 bridgehead atoms. The molecule has 0 fully saturated rings. The smallest absolute Gasteiger partial charge is 0.163 e. The number of hydrogen-bond donors (Lipinski definition) is 2. The molecule has 2 heterocycles. The number of phenolic OH excluding ortho intramolecular Hbond substituents is 1. The van der Waals surface area contributed by atoms with E-state index in [9.17, 15) is 5.11 Å². The summed E-state index contributed by atoms with van der Waals surface area (Å²) in [7, 11) is 1.62. The number of fused-ring (bicyclic) bond motifs is 3. The summed E-state index contributed by atoms with van der Waals surface area (Å²) in [5, 5.41) is 14.2. The number of benzene rings is 2. The molecule has 0 saturated heterocycles. The van der Waals surface area contributed by atoms with Crippen molar-refractivity contribution in [2.24, 2.45) is 0 Å². The molecule has 3 aromatic rings. The maximum atomic E-state index is 10.6. The minimum Gasteiger partial charge on any atom is -1.00 e. The summed E-state index contributed by atoms with van der Waals surface area (Å²) >= 11 is 0. The van der Waals surface area contributed by atoms with E-state index in [1.807, 2.05) is 44.3 Å². The molecule has 0 radical (unpaired) electrons. The van der Waals surface area contributed by atoms with Crippen LogP contribution < -0.4 is 31.9 Å². The highest BCUT2D eigenvalue weighted by Gasteiger charge is 2.28. The Morgan fingerprint density at radius 1 is 1.03 bits per heavy atom. The zero-order chi connectivity index (χ0) is 20.4. The van der Waals surface area contributed by atoms with Crippen LogP contribution in [0.25, 0.3) is 5.69 Å². The van der Waals surface area contributed by atoms with E-state index >= 15 is 0 Å². The summed E-state index contributed by atoms with van der Waals surface area (Å²) in [5.74, 6) is 2.31. The monoisotopic (exact) mass is 429 g/mol. The Morgan fingerprint density at radius 3 is 2.47 bits per heavy atom. The van der Waals surface area contributed by atoms with E-state index in [1.54, 1.807) is 19.2 Å². The number of phenols is 1. The molecule has 30 heavy (non-hydrogen) atoms. The van der Waals surface area contributed by atoms with Gasteiger partial charge < -0.3 is 41.6 Å². The normalized spacial score (nSPS) is 14.7. The average Bonchev–Trinajstić information content (AvgIpc) is 3.15. The van der Waals surface area contributed by atoms with Gasteiger partial charge in [-0.15, -0.1) is 0 Å². The summed E-state index contributed by atoms with van der Waals surface area (Å²) in [4.78, 5) is 0. The van der Waals surface area contributed by atoms with Gasteiger partial charge in [-0.05, 0) is 49.7 Å². The highest BCUT2D eigenvalue weighted by atomic mass is 35.5. The van der Waals surface area contributed by atoms with Crippen LogP contribution in [0.2, 0.25) is 0 Å². The summed E-state index contributed by atoms with van der Waals surface area (Å²) in [5.41, 5.74) is 3.85. The van der Waals surface area contributed by atoms with Gasteiger partial charge in [0.25, 0.3) is 0 Å². The van der Waals surface area contributed by atoms with Crippen LogP contribution >= 0.6 is 0 Å². The predicted molar refractivity (Wildman–Crippen MR) is 111 cm³/mol. The van der Waals surface area contributed by atoms with E-state index in [-0.39, 0.29) is 24.2 Å². The number of rotatable bonds is 6. The van der Waals surface area contributed by atoms with Gasteiger partial charge in [0.15, 0.2) is 11.5 Å². The third kappa shape index (κ3) is 3.80. The molecular weight excluding hydrogens is 404 g/mol. The summed E-state index contributed by atoms with van der Waals surface area (Å²) < 4.78 is 19.3. The van der Waals surface area contributed by atoms with Gasteiger partial charge in [0, 0.05) is 24.5 Å². The fourth-order valence-corrected chi connectivity index (χ4v) is 3.91. The van der Waals surface area contributed by atoms with Crippen LogP contribution in [0.4, 0.5) is 0 Å². The molecule has 7 heteroatoms. The fraction of sp³-hybridized carbons (Fsp3) is 0.304. The average molecular weight is 430 g/mol. The Hall–Kier alpha value is -2.83. The number of nitrogens with zero attached hydrogens (tertiary/aromatic N) is 1. The second-order valence-corrected chi connectivity index (χ2v) is 6.80. The second kappa shape index (κ2) is 9.32. The minimum atomic E-state index is -0.236. The minimum absolute atomic E-state index is 0. The molecule has 0 saturated carbocycles. The van der Waals surface area contributed by atoms with Crippen molar-refractivity contribution in [2.75, 3.05) is 20.3 Å². The van der Waals surface area contributed by atoms with Crippen LogP contribution in [-0.4, -0.2) is 30.0 Å². The zero-order valence-corrected chi connectivity index (χ0v) is 18.1. The molecule has 0 aliphatic carbocycles. The van der Waals surface area contributed by atoms with E-state index < -0.39 is 0 Å². The molecule has 1 aliphatic rings. The molecule has 4 rings (SSSR count). The van der Waals surface area contributed by atoms with E-state index in [0.717, 1.165) is 34.0 Å². The topological polar surface area (TPSA) is 64.9 Å². The van der Waals surface area contributed by atoms with Crippen LogP contribution in [0.3, 0.4) is 0 Å². The van der Waals surface area contributed by atoms with E-state index in [1.165, 1.54) is 0 Å². The Kier molecular flexibility index (Phi) is 6.80. The lowest BCUT2D eigenvalue weighted by Crippen LogP contribution is -3.00. The molecule has 1 aliphatic heterocycles. The van der Waals surface area contributed by atoms with Gasteiger partial charge in [-0.3, -0.25) is 0 Å². The van der Waals surface area contributed by atoms with Crippen molar-refractivity contribution in [3.05, 3.63) is 65.5 Å². The molecule has 0 spiro atoms. The Balaban J connectivity index is 0.00000256. The number of halogens is 1. The predicted octanol–water partition coefficient (Wildman–Crippen LogP) is 1.19. The third-order valence-electron chi connectivity index (χ3n) is 5.13. The van der Waals surface area contributed by atoms with Crippen molar-refractivity contribution in [1.82, 2.24) is 9.88 Å². The first kappa shape index (κ1) is 21.9. The number of aromatic nitrogens is 1.